The number of aryl methyl sites for hydroxylation is 1. The summed E-state index contributed by atoms with van der Waals surface area (Å²) in [5.41, 5.74) is 0.673. The maximum atomic E-state index is 12.9. The molecule has 0 unspecified atom stereocenters. The van der Waals surface area contributed by atoms with Crippen LogP contribution in [0.5, 0.6) is 0 Å². The Kier molecular flexibility index (Phi) is 2.33. The molecule has 0 aliphatic carbocycles. The zero-order valence-electron chi connectivity index (χ0n) is 7.41. The lowest BCUT2D eigenvalue weighted by molar-refractivity contribution is 0.628. The molecule has 72 valence electrons. The molecule has 2 rings (SSSR count). The van der Waals surface area contributed by atoms with E-state index in [2.05, 4.69) is 26.0 Å². The van der Waals surface area contributed by atoms with Crippen molar-refractivity contribution in [2.45, 2.75) is 0 Å². The highest BCUT2D eigenvalue weighted by Crippen LogP contribution is 2.18. The third kappa shape index (κ3) is 1.68. The molecule has 5 heteroatoms. The zero-order valence-corrected chi connectivity index (χ0v) is 8.99. The predicted octanol–water partition coefficient (Wildman–Crippen LogP) is 2.38. The van der Waals surface area contributed by atoms with Crippen molar-refractivity contribution < 1.29 is 4.39 Å². The molecule has 0 bridgehead atoms. The Labute approximate surface area is 88.7 Å². The summed E-state index contributed by atoms with van der Waals surface area (Å²) in [6.45, 7) is 0. The van der Waals surface area contributed by atoms with Crippen molar-refractivity contribution in [3.63, 3.8) is 0 Å². The number of hydrogen-bond acceptors (Lipinski definition) is 2. The number of rotatable bonds is 1. The topological polar surface area (TPSA) is 30.7 Å². The number of aromatic nitrogens is 3. The molecule has 14 heavy (non-hydrogen) atoms. The van der Waals surface area contributed by atoms with Crippen LogP contribution < -0.4 is 0 Å². The number of nitrogens with zero attached hydrogens (tertiary/aromatic N) is 3. The van der Waals surface area contributed by atoms with Gasteiger partial charge in [0, 0.05) is 12.6 Å². The van der Waals surface area contributed by atoms with Crippen molar-refractivity contribution in [1.29, 1.82) is 0 Å². The molecule has 0 aliphatic rings. The van der Waals surface area contributed by atoms with Gasteiger partial charge in [0.15, 0.2) is 10.6 Å². The van der Waals surface area contributed by atoms with E-state index in [1.807, 2.05) is 0 Å². The van der Waals surface area contributed by atoms with Gasteiger partial charge in [0.1, 0.15) is 5.82 Å². The van der Waals surface area contributed by atoms with E-state index >= 15 is 0 Å². The van der Waals surface area contributed by atoms with Crippen LogP contribution in [0.1, 0.15) is 0 Å². The summed E-state index contributed by atoms with van der Waals surface area (Å²) in [7, 11) is 1.76. The molecule has 0 atom stereocenters. The highest BCUT2D eigenvalue weighted by molar-refractivity contribution is 9.10. The van der Waals surface area contributed by atoms with Crippen molar-refractivity contribution in [1.82, 2.24) is 14.8 Å². The maximum absolute atomic E-state index is 12.9. The minimum Gasteiger partial charge on any atom is -0.243 e. The third-order valence-electron chi connectivity index (χ3n) is 1.79. The van der Waals surface area contributed by atoms with Crippen LogP contribution in [0.25, 0.3) is 11.4 Å². The van der Waals surface area contributed by atoms with E-state index in [9.17, 15) is 4.39 Å². The minimum absolute atomic E-state index is 0.286. The molecular formula is C9H7BrFN3. The van der Waals surface area contributed by atoms with Crippen LogP contribution in [0.2, 0.25) is 0 Å². The fourth-order valence-electron chi connectivity index (χ4n) is 1.12. The van der Waals surface area contributed by atoms with Gasteiger partial charge in [-0.15, -0.1) is 0 Å². The van der Waals surface area contributed by atoms with E-state index in [4.69, 9.17) is 0 Å². The highest BCUT2D eigenvalue weighted by Gasteiger charge is 2.06. The lowest BCUT2D eigenvalue weighted by Gasteiger charge is -1.93. The Hall–Kier alpha value is -1.23. The summed E-state index contributed by atoms with van der Waals surface area (Å²) in [6.07, 6.45) is 0. The molecule has 1 aromatic carbocycles. The van der Waals surface area contributed by atoms with Crippen molar-refractivity contribution in [2.75, 3.05) is 0 Å². The number of halogens is 2. The van der Waals surface area contributed by atoms with Crippen molar-refractivity contribution >= 4 is 15.9 Å². The quantitative estimate of drug-likeness (QED) is 0.784. The Bertz CT molecular complexity index is 447. The van der Waals surface area contributed by atoms with Crippen LogP contribution in [0.15, 0.2) is 29.0 Å². The van der Waals surface area contributed by atoms with Gasteiger partial charge in [-0.05, 0) is 28.1 Å². The van der Waals surface area contributed by atoms with Crippen LogP contribution in [0, 0.1) is 5.82 Å². The number of hydrogen-bond donors (Lipinski definition) is 0. The summed E-state index contributed by atoms with van der Waals surface area (Å²) in [6, 6.07) is 6.20. The summed E-state index contributed by atoms with van der Waals surface area (Å²) < 4.78 is 15.1. The molecule has 0 saturated carbocycles. The van der Waals surface area contributed by atoms with Gasteiger partial charge in [-0.1, -0.05) is 12.1 Å². The Balaban J connectivity index is 2.49. The fraction of sp³-hybridized carbons (Fsp3) is 0.111. The molecule has 0 spiro atoms. The zero-order chi connectivity index (χ0) is 10.1. The highest BCUT2D eigenvalue weighted by atomic mass is 79.9. The van der Waals surface area contributed by atoms with E-state index in [0.29, 0.717) is 16.1 Å². The van der Waals surface area contributed by atoms with Gasteiger partial charge < -0.3 is 0 Å². The first-order valence-corrected chi connectivity index (χ1v) is 4.78. The molecule has 0 amide bonds. The monoisotopic (exact) mass is 255 g/mol. The summed E-state index contributed by atoms with van der Waals surface area (Å²) in [4.78, 5) is 4.12. The summed E-state index contributed by atoms with van der Waals surface area (Å²) in [5, 5.41) is 4.11. The van der Waals surface area contributed by atoms with E-state index in [1.165, 1.54) is 12.1 Å². The minimum atomic E-state index is -0.286. The maximum Gasteiger partial charge on any atom is 0.195 e. The van der Waals surface area contributed by atoms with E-state index in [1.54, 1.807) is 23.9 Å². The lowest BCUT2D eigenvalue weighted by Crippen LogP contribution is -1.90. The van der Waals surface area contributed by atoms with Crippen molar-refractivity contribution in [2.24, 2.45) is 7.05 Å². The third-order valence-corrected chi connectivity index (χ3v) is 2.48. The molecule has 0 fully saturated rings. The molecule has 0 aliphatic heterocycles. The molecule has 0 radical (unpaired) electrons. The standard InChI is InChI=1S/C9H7BrFN3/c1-14-9(10)12-8(13-14)6-3-2-4-7(11)5-6/h2-5H,1H3. The second kappa shape index (κ2) is 3.49. The normalized spacial score (nSPS) is 10.5. The van der Waals surface area contributed by atoms with Crippen LogP contribution in [-0.4, -0.2) is 14.8 Å². The molecule has 1 heterocycles. The SMILES string of the molecule is Cn1nc(-c2cccc(F)c2)nc1Br. The second-order valence-corrected chi connectivity index (χ2v) is 3.55. The average molecular weight is 256 g/mol. The lowest BCUT2D eigenvalue weighted by atomic mass is 10.2. The van der Waals surface area contributed by atoms with E-state index in [0.717, 1.165) is 0 Å². The largest absolute Gasteiger partial charge is 0.243 e. The number of benzene rings is 1. The fourth-order valence-corrected chi connectivity index (χ4v) is 1.36. The Morgan fingerprint density at radius 1 is 1.43 bits per heavy atom. The van der Waals surface area contributed by atoms with Crippen LogP contribution in [0.4, 0.5) is 4.39 Å². The first-order chi connectivity index (χ1) is 6.66. The van der Waals surface area contributed by atoms with E-state index in [-0.39, 0.29) is 5.82 Å². The predicted molar refractivity (Wildman–Crippen MR) is 54.1 cm³/mol. The molecule has 1 aromatic heterocycles. The van der Waals surface area contributed by atoms with Gasteiger partial charge in [-0.3, -0.25) is 0 Å². The molecular weight excluding hydrogens is 249 g/mol. The molecule has 3 nitrogen and oxygen atoms in total. The van der Waals surface area contributed by atoms with Gasteiger partial charge in [0.05, 0.1) is 0 Å². The van der Waals surface area contributed by atoms with Gasteiger partial charge in [-0.2, -0.15) is 5.10 Å². The van der Waals surface area contributed by atoms with E-state index < -0.39 is 0 Å². The first kappa shape index (κ1) is 9.33. The molecule has 2 aromatic rings. The van der Waals surface area contributed by atoms with Crippen molar-refractivity contribution in [3.8, 4) is 11.4 Å². The summed E-state index contributed by atoms with van der Waals surface area (Å²) in [5.74, 6) is 0.227. The first-order valence-electron chi connectivity index (χ1n) is 3.99. The van der Waals surface area contributed by atoms with Gasteiger partial charge in [0.2, 0.25) is 0 Å². The molecule has 0 N–H and O–H groups in total. The second-order valence-electron chi connectivity index (χ2n) is 2.84. The van der Waals surface area contributed by atoms with Gasteiger partial charge >= 0.3 is 0 Å². The van der Waals surface area contributed by atoms with Crippen LogP contribution >= 0.6 is 15.9 Å². The Morgan fingerprint density at radius 3 is 2.79 bits per heavy atom. The average Bonchev–Trinajstić information content (AvgIpc) is 2.47. The Morgan fingerprint density at radius 2 is 2.21 bits per heavy atom. The van der Waals surface area contributed by atoms with Gasteiger partial charge in [0.25, 0.3) is 0 Å². The molecule has 0 saturated heterocycles. The summed E-state index contributed by atoms with van der Waals surface area (Å²) >= 11 is 3.23. The van der Waals surface area contributed by atoms with Crippen LogP contribution in [-0.2, 0) is 7.05 Å². The van der Waals surface area contributed by atoms with Gasteiger partial charge in [-0.25, -0.2) is 14.1 Å². The van der Waals surface area contributed by atoms with Crippen molar-refractivity contribution in [3.05, 3.63) is 34.8 Å². The van der Waals surface area contributed by atoms with Crippen LogP contribution in [0.3, 0.4) is 0 Å². The smallest absolute Gasteiger partial charge is 0.195 e.